The number of fused-ring (bicyclic) bond motifs is 2. The van der Waals surface area contributed by atoms with Crippen molar-refractivity contribution in [2.24, 2.45) is 0 Å². The second-order valence-corrected chi connectivity index (χ2v) is 6.51. The standard InChI is InChI=1S/C19H17FN4O/c20-13-3-4-17-16(10-13)23-19(25-17)24-8-5-12(6-9-24)15-11-22-18-14(15)2-1-7-21-18/h1-4,7,10-12H,5-6,8-9H2,(H,21,22). The minimum atomic E-state index is -0.293. The van der Waals surface area contributed by atoms with E-state index in [9.17, 15) is 4.39 Å². The Morgan fingerprint density at radius 3 is 2.96 bits per heavy atom. The third-order valence-electron chi connectivity index (χ3n) is 5.03. The third kappa shape index (κ3) is 2.45. The number of aromatic amines is 1. The molecule has 5 nitrogen and oxygen atoms in total. The predicted octanol–water partition coefficient (Wildman–Crippen LogP) is 4.23. The molecule has 4 heterocycles. The number of pyridine rings is 1. The first-order valence-electron chi connectivity index (χ1n) is 8.51. The van der Waals surface area contributed by atoms with Crippen molar-refractivity contribution in [3.05, 3.63) is 54.1 Å². The lowest BCUT2D eigenvalue weighted by atomic mass is 9.90. The summed E-state index contributed by atoms with van der Waals surface area (Å²) < 4.78 is 19.1. The number of rotatable bonds is 2. The molecule has 6 heteroatoms. The Morgan fingerprint density at radius 1 is 1.20 bits per heavy atom. The van der Waals surface area contributed by atoms with Gasteiger partial charge < -0.3 is 14.3 Å². The largest absolute Gasteiger partial charge is 0.423 e. The van der Waals surface area contributed by atoms with Gasteiger partial charge in [0.2, 0.25) is 0 Å². The summed E-state index contributed by atoms with van der Waals surface area (Å²) in [5.74, 6) is 0.204. The van der Waals surface area contributed by atoms with E-state index in [4.69, 9.17) is 4.42 Å². The van der Waals surface area contributed by atoms with Gasteiger partial charge in [-0.2, -0.15) is 4.98 Å². The molecule has 1 N–H and O–H groups in total. The summed E-state index contributed by atoms with van der Waals surface area (Å²) in [6.07, 6.45) is 5.94. The monoisotopic (exact) mass is 336 g/mol. The summed E-state index contributed by atoms with van der Waals surface area (Å²) in [6.45, 7) is 1.74. The average molecular weight is 336 g/mol. The van der Waals surface area contributed by atoms with E-state index >= 15 is 0 Å². The van der Waals surface area contributed by atoms with Crippen LogP contribution in [0.5, 0.6) is 0 Å². The van der Waals surface area contributed by atoms with E-state index in [0.717, 1.165) is 31.6 Å². The molecule has 1 aromatic carbocycles. The first-order valence-corrected chi connectivity index (χ1v) is 8.51. The Morgan fingerprint density at radius 2 is 2.08 bits per heavy atom. The lowest BCUT2D eigenvalue weighted by Crippen LogP contribution is -2.33. The fraction of sp³-hybridized carbons (Fsp3) is 0.263. The molecule has 126 valence electrons. The zero-order chi connectivity index (χ0) is 16.8. The second kappa shape index (κ2) is 5.58. The van der Waals surface area contributed by atoms with Crippen molar-refractivity contribution in [2.75, 3.05) is 18.0 Å². The summed E-state index contributed by atoms with van der Waals surface area (Å²) in [7, 11) is 0. The number of hydrogen-bond acceptors (Lipinski definition) is 4. The van der Waals surface area contributed by atoms with Gasteiger partial charge in [0.25, 0.3) is 6.01 Å². The fourth-order valence-electron chi connectivity index (χ4n) is 3.72. The van der Waals surface area contributed by atoms with E-state index in [1.54, 1.807) is 12.3 Å². The van der Waals surface area contributed by atoms with Gasteiger partial charge in [0, 0.05) is 36.9 Å². The Hall–Kier alpha value is -2.89. The lowest BCUT2D eigenvalue weighted by Gasteiger charge is -2.30. The van der Waals surface area contributed by atoms with Crippen LogP contribution in [0, 0.1) is 5.82 Å². The van der Waals surface area contributed by atoms with Gasteiger partial charge in [-0.15, -0.1) is 0 Å². The number of H-pyrrole nitrogens is 1. The number of nitrogens with zero attached hydrogens (tertiary/aromatic N) is 3. The van der Waals surface area contributed by atoms with E-state index < -0.39 is 0 Å². The topological polar surface area (TPSA) is 58.0 Å². The highest BCUT2D eigenvalue weighted by Gasteiger charge is 2.25. The molecule has 3 aromatic heterocycles. The van der Waals surface area contributed by atoms with Crippen LogP contribution in [0.2, 0.25) is 0 Å². The van der Waals surface area contributed by atoms with Crippen LogP contribution in [-0.2, 0) is 0 Å². The number of nitrogens with one attached hydrogen (secondary N) is 1. The highest BCUT2D eigenvalue weighted by atomic mass is 19.1. The summed E-state index contributed by atoms with van der Waals surface area (Å²) in [6, 6.07) is 9.12. The van der Waals surface area contributed by atoms with Gasteiger partial charge in [-0.25, -0.2) is 9.37 Å². The molecule has 1 aliphatic rings. The average Bonchev–Trinajstić information content (AvgIpc) is 3.25. The molecule has 0 radical (unpaired) electrons. The van der Waals surface area contributed by atoms with Crippen LogP contribution >= 0.6 is 0 Å². The molecule has 0 saturated carbocycles. The van der Waals surface area contributed by atoms with Crippen molar-refractivity contribution in [3.8, 4) is 0 Å². The van der Waals surface area contributed by atoms with E-state index in [2.05, 4.69) is 32.1 Å². The molecular weight excluding hydrogens is 319 g/mol. The number of oxazole rings is 1. The van der Waals surface area contributed by atoms with E-state index in [1.165, 1.54) is 23.1 Å². The third-order valence-corrected chi connectivity index (χ3v) is 5.03. The first-order chi connectivity index (χ1) is 12.3. The van der Waals surface area contributed by atoms with Crippen molar-refractivity contribution in [1.29, 1.82) is 0 Å². The molecule has 0 atom stereocenters. The lowest BCUT2D eigenvalue weighted by molar-refractivity contribution is 0.469. The SMILES string of the molecule is Fc1ccc2oc(N3CCC(c4c[nH]c5ncccc45)CC3)nc2c1. The van der Waals surface area contributed by atoms with Crippen molar-refractivity contribution < 1.29 is 8.81 Å². The van der Waals surface area contributed by atoms with Crippen LogP contribution in [0.15, 0.2) is 47.1 Å². The summed E-state index contributed by atoms with van der Waals surface area (Å²) in [4.78, 5) is 14.2. The van der Waals surface area contributed by atoms with Crippen LogP contribution < -0.4 is 4.90 Å². The highest BCUT2D eigenvalue weighted by molar-refractivity contribution is 5.80. The molecule has 1 fully saturated rings. The maximum atomic E-state index is 13.3. The molecule has 0 unspecified atom stereocenters. The van der Waals surface area contributed by atoms with Crippen LogP contribution in [0.1, 0.15) is 24.3 Å². The smallest absolute Gasteiger partial charge is 0.298 e. The van der Waals surface area contributed by atoms with Gasteiger partial charge >= 0.3 is 0 Å². The van der Waals surface area contributed by atoms with E-state index in [1.807, 2.05) is 6.07 Å². The van der Waals surface area contributed by atoms with Gasteiger partial charge in [-0.05, 0) is 48.6 Å². The summed E-state index contributed by atoms with van der Waals surface area (Å²) in [5, 5.41) is 1.21. The highest BCUT2D eigenvalue weighted by Crippen LogP contribution is 2.34. The van der Waals surface area contributed by atoms with Crippen LogP contribution in [0.4, 0.5) is 10.4 Å². The van der Waals surface area contributed by atoms with Gasteiger partial charge in [0.05, 0.1) is 0 Å². The van der Waals surface area contributed by atoms with Gasteiger partial charge in [-0.3, -0.25) is 0 Å². The number of hydrogen-bond donors (Lipinski definition) is 1. The summed E-state index contributed by atoms with van der Waals surface area (Å²) in [5.41, 5.74) is 3.48. The van der Waals surface area contributed by atoms with Crippen LogP contribution in [0.25, 0.3) is 22.1 Å². The van der Waals surface area contributed by atoms with Crippen molar-refractivity contribution in [2.45, 2.75) is 18.8 Å². The van der Waals surface area contributed by atoms with Gasteiger partial charge in [0.1, 0.15) is 17.0 Å². The normalized spacial score (nSPS) is 16.1. The molecule has 1 aliphatic heterocycles. The second-order valence-electron chi connectivity index (χ2n) is 6.51. The number of piperidine rings is 1. The summed E-state index contributed by atoms with van der Waals surface area (Å²) >= 11 is 0. The zero-order valence-corrected chi connectivity index (χ0v) is 13.6. The van der Waals surface area contributed by atoms with Crippen molar-refractivity contribution >= 4 is 28.1 Å². The molecule has 5 rings (SSSR count). The van der Waals surface area contributed by atoms with Crippen LogP contribution in [0.3, 0.4) is 0 Å². The molecule has 0 bridgehead atoms. The quantitative estimate of drug-likeness (QED) is 0.595. The molecular formula is C19H17FN4O. The molecule has 25 heavy (non-hydrogen) atoms. The molecule has 0 amide bonds. The minimum Gasteiger partial charge on any atom is -0.423 e. The number of aromatic nitrogens is 3. The maximum Gasteiger partial charge on any atom is 0.298 e. The number of halogens is 1. The van der Waals surface area contributed by atoms with Gasteiger partial charge in [-0.1, -0.05) is 0 Å². The minimum absolute atomic E-state index is 0.293. The zero-order valence-electron chi connectivity index (χ0n) is 13.6. The van der Waals surface area contributed by atoms with Crippen LogP contribution in [-0.4, -0.2) is 28.0 Å². The number of benzene rings is 1. The van der Waals surface area contributed by atoms with Crippen molar-refractivity contribution in [1.82, 2.24) is 15.0 Å². The van der Waals surface area contributed by atoms with E-state index in [-0.39, 0.29) is 5.82 Å². The molecule has 1 saturated heterocycles. The van der Waals surface area contributed by atoms with E-state index in [0.29, 0.717) is 23.0 Å². The fourth-order valence-corrected chi connectivity index (χ4v) is 3.72. The predicted molar refractivity (Wildman–Crippen MR) is 94.2 cm³/mol. The number of anilines is 1. The molecule has 0 aliphatic carbocycles. The Labute approximate surface area is 143 Å². The van der Waals surface area contributed by atoms with Crippen molar-refractivity contribution in [3.63, 3.8) is 0 Å². The Bertz CT molecular complexity index is 1050. The maximum absolute atomic E-state index is 13.3. The molecule has 0 spiro atoms. The first kappa shape index (κ1) is 14.5. The molecule has 4 aromatic rings. The Balaban J connectivity index is 1.36. The van der Waals surface area contributed by atoms with Gasteiger partial charge in [0.15, 0.2) is 5.58 Å². The Kier molecular flexibility index (Phi) is 3.23.